The van der Waals surface area contributed by atoms with E-state index in [4.69, 9.17) is 16.3 Å². The van der Waals surface area contributed by atoms with Gasteiger partial charge in [0, 0.05) is 19.8 Å². The number of thiophene rings is 1. The van der Waals surface area contributed by atoms with Crippen LogP contribution < -0.4 is 4.74 Å². The van der Waals surface area contributed by atoms with E-state index >= 15 is 0 Å². The first-order chi connectivity index (χ1) is 14.2. The first-order valence-electron chi connectivity index (χ1n) is 8.81. The maximum atomic E-state index is 14.8. The normalized spacial score (nSPS) is 15.7. The number of benzene rings is 2. The van der Waals surface area contributed by atoms with Gasteiger partial charge in [-0.3, -0.25) is 4.57 Å². The molecule has 3 heterocycles. The highest BCUT2D eigenvalue weighted by Crippen LogP contribution is 2.47. The average Bonchev–Trinajstić information content (AvgIpc) is 3.22. The third-order valence-corrected chi connectivity index (χ3v) is 6.68. The Balaban J connectivity index is 1.72. The summed E-state index contributed by atoms with van der Waals surface area (Å²) in [6, 6.07) is 13.3. The Morgan fingerprint density at radius 3 is 2.67 bits per heavy atom. The molecule has 0 spiro atoms. The molecule has 2 aromatic carbocycles. The highest BCUT2D eigenvalue weighted by atomic mass is 79.9. The van der Waals surface area contributed by atoms with Crippen molar-refractivity contribution in [1.82, 2.24) is 4.57 Å². The van der Waals surface area contributed by atoms with Crippen LogP contribution in [0.4, 0.5) is 17.6 Å². The van der Waals surface area contributed by atoms with Crippen molar-refractivity contribution in [2.75, 3.05) is 0 Å². The van der Waals surface area contributed by atoms with E-state index in [1.165, 1.54) is 18.2 Å². The van der Waals surface area contributed by atoms with Gasteiger partial charge < -0.3 is 4.74 Å². The van der Waals surface area contributed by atoms with Crippen molar-refractivity contribution >= 4 is 49.8 Å². The Kier molecular flexibility index (Phi) is 4.65. The molecule has 1 aliphatic heterocycles. The number of alkyl halides is 3. The maximum absolute atomic E-state index is 14.8. The molecular formula is C21H11BrClF4NOS. The van der Waals surface area contributed by atoms with Crippen molar-refractivity contribution in [2.45, 2.75) is 18.8 Å². The zero-order valence-electron chi connectivity index (χ0n) is 14.9. The van der Waals surface area contributed by atoms with Crippen LogP contribution in [0, 0.1) is 5.82 Å². The Bertz CT molecular complexity index is 1300. The summed E-state index contributed by atoms with van der Waals surface area (Å²) < 4.78 is 62.1. The van der Waals surface area contributed by atoms with E-state index in [1.807, 2.05) is 28.8 Å². The highest BCUT2D eigenvalue weighted by molar-refractivity contribution is 9.10. The van der Waals surface area contributed by atoms with E-state index < -0.39 is 24.6 Å². The van der Waals surface area contributed by atoms with Crippen LogP contribution in [0.3, 0.4) is 0 Å². The van der Waals surface area contributed by atoms with Gasteiger partial charge in [0.2, 0.25) is 6.23 Å². The lowest BCUT2D eigenvalue weighted by molar-refractivity contribution is -0.126. The van der Waals surface area contributed by atoms with E-state index in [9.17, 15) is 17.6 Å². The molecular weight excluding hydrogens is 506 g/mol. The number of hydrogen-bond donors (Lipinski definition) is 0. The Morgan fingerprint density at radius 2 is 1.90 bits per heavy atom. The van der Waals surface area contributed by atoms with Crippen molar-refractivity contribution in [3.63, 3.8) is 0 Å². The lowest BCUT2D eigenvalue weighted by Crippen LogP contribution is -2.22. The van der Waals surface area contributed by atoms with Gasteiger partial charge in [-0.2, -0.15) is 13.2 Å². The molecule has 0 fully saturated rings. The van der Waals surface area contributed by atoms with Crippen molar-refractivity contribution in [3.05, 3.63) is 73.6 Å². The predicted octanol–water partition coefficient (Wildman–Crippen LogP) is 7.97. The van der Waals surface area contributed by atoms with Gasteiger partial charge in [-0.25, -0.2) is 4.39 Å². The Hall–Kier alpha value is -2.03. The topological polar surface area (TPSA) is 14.2 Å². The van der Waals surface area contributed by atoms with E-state index in [-0.39, 0.29) is 21.2 Å². The smallest absolute Gasteiger partial charge is 0.393 e. The number of nitrogens with zero attached hydrogens (tertiary/aromatic N) is 1. The molecule has 1 unspecified atom stereocenters. The second kappa shape index (κ2) is 7.00. The largest absolute Gasteiger partial charge is 0.464 e. The lowest BCUT2D eigenvalue weighted by atomic mass is 10.1. The van der Waals surface area contributed by atoms with Crippen molar-refractivity contribution in [3.8, 4) is 17.0 Å². The molecule has 0 radical (unpaired) electrons. The third kappa shape index (κ3) is 3.40. The molecule has 4 aromatic rings. The van der Waals surface area contributed by atoms with Crippen LogP contribution in [0.1, 0.15) is 16.0 Å². The lowest BCUT2D eigenvalue weighted by Gasteiger charge is -2.29. The number of fused-ring (bicyclic) bond motifs is 5. The number of aromatic nitrogens is 1. The number of ether oxygens (including phenoxy) is 1. The van der Waals surface area contributed by atoms with Gasteiger partial charge in [-0.05, 0) is 48.5 Å². The third-order valence-electron chi connectivity index (χ3n) is 4.85. The van der Waals surface area contributed by atoms with Crippen LogP contribution in [0.2, 0.25) is 5.02 Å². The van der Waals surface area contributed by atoms with Crippen LogP contribution in [-0.2, 0) is 6.42 Å². The fourth-order valence-corrected chi connectivity index (χ4v) is 5.36. The minimum atomic E-state index is -4.30. The molecule has 1 atom stereocenters. The van der Waals surface area contributed by atoms with Gasteiger partial charge in [0.05, 0.1) is 28.1 Å². The fourth-order valence-electron chi connectivity index (χ4n) is 3.72. The second-order valence-corrected chi connectivity index (χ2v) is 9.48. The van der Waals surface area contributed by atoms with Gasteiger partial charge in [0.15, 0.2) is 0 Å². The van der Waals surface area contributed by atoms with Gasteiger partial charge in [0.1, 0.15) is 11.6 Å². The Morgan fingerprint density at radius 1 is 1.10 bits per heavy atom. The van der Waals surface area contributed by atoms with Gasteiger partial charge >= 0.3 is 6.18 Å². The average molecular weight is 517 g/mol. The monoisotopic (exact) mass is 515 g/mol. The molecule has 1 aliphatic rings. The zero-order chi connectivity index (χ0) is 21.2. The highest BCUT2D eigenvalue weighted by Gasteiger charge is 2.34. The van der Waals surface area contributed by atoms with E-state index in [2.05, 4.69) is 15.9 Å². The molecule has 0 saturated carbocycles. The summed E-state index contributed by atoms with van der Waals surface area (Å²) in [4.78, 5) is 0.770. The van der Waals surface area contributed by atoms with E-state index in [0.717, 1.165) is 26.7 Å². The number of halogens is 6. The standard InChI is InChI=1S/C21H11BrClF4NOS/c22-11-1-3-15-10(5-11)6-16-19-14(24)7-12(23)8-17(19)29-20(28(15)16)18-4-2-13(30-18)9-21(25,26)27/h1-8,20H,9H2. The SMILES string of the molecule is Fc1cc(Cl)cc2c1-c1cc3cc(Br)ccc3n1C(c1ccc(CC(F)(F)F)s1)O2. The summed E-state index contributed by atoms with van der Waals surface area (Å²) >= 11 is 10.5. The molecule has 2 aromatic heterocycles. The van der Waals surface area contributed by atoms with Crippen molar-refractivity contribution in [2.24, 2.45) is 0 Å². The molecule has 5 rings (SSSR count). The molecule has 9 heteroatoms. The fraction of sp³-hybridized carbons (Fsp3) is 0.143. The summed E-state index contributed by atoms with van der Waals surface area (Å²) in [6.07, 6.45) is -6.04. The summed E-state index contributed by atoms with van der Waals surface area (Å²) in [5.74, 6) is -0.270. The zero-order valence-corrected chi connectivity index (χ0v) is 18.1. The molecule has 154 valence electrons. The predicted molar refractivity (Wildman–Crippen MR) is 113 cm³/mol. The first-order valence-corrected chi connectivity index (χ1v) is 10.8. The van der Waals surface area contributed by atoms with Crippen LogP contribution in [0.5, 0.6) is 5.75 Å². The number of rotatable bonds is 2. The van der Waals surface area contributed by atoms with Crippen LogP contribution in [-0.4, -0.2) is 10.7 Å². The summed E-state index contributed by atoms with van der Waals surface area (Å²) in [6.45, 7) is 0. The van der Waals surface area contributed by atoms with Crippen molar-refractivity contribution < 1.29 is 22.3 Å². The van der Waals surface area contributed by atoms with E-state index in [1.54, 1.807) is 6.07 Å². The molecule has 0 saturated heterocycles. The second-order valence-electron chi connectivity index (χ2n) is 6.93. The van der Waals surface area contributed by atoms with Crippen LogP contribution in [0.25, 0.3) is 22.2 Å². The minimum Gasteiger partial charge on any atom is -0.464 e. The molecule has 0 amide bonds. The summed E-state index contributed by atoms with van der Waals surface area (Å²) in [5, 5.41) is 1.03. The van der Waals surface area contributed by atoms with Gasteiger partial charge in [-0.1, -0.05) is 27.5 Å². The van der Waals surface area contributed by atoms with E-state index in [0.29, 0.717) is 10.6 Å². The molecule has 0 aliphatic carbocycles. The van der Waals surface area contributed by atoms with Gasteiger partial charge in [-0.15, -0.1) is 11.3 Å². The van der Waals surface area contributed by atoms with Crippen LogP contribution >= 0.6 is 38.9 Å². The Labute approximate surface area is 185 Å². The minimum absolute atomic E-state index is 0.182. The van der Waals surface area contributed by atoms with Crippen molar-refractivity contribution in [1.29, 1.82) is 0 Å². The maximum Gasteiger partial charge on any atom is 0.393 e. The molecule has 30 heavy (non-hydrogen) atoms. The molecule has 2 nitrogen and oxygen atoms in total. The first kappa shape index (κ1) is 19.9. The summed E-state index contributed by atoms with van der Waals surface area (Å²) in [5.41, 5.74) is 1.63. The number of hydrogen-bond acceptors (Lipinski definition) is 2. The summed E-state index contributed by atoms with van der Waals surface area (Å²) in [7, 11) is 0. The molecule has 0 N–H and O–H groups in total. The quantitative estimate of drug-likeness (QED) is 0.246. The van der Waals surface area contributed by atoms with Crippen LogP contribution in [0.15, 0.2) is 53.0 Å². The molecule has 0 bridgehead atoms. The van der Waals surface area contributed by atoms with Gasteiger partial charge in [0.25, 0.3) is 0 Å².